The third-order valence-electron chi connectivity index (χ3n) is 9.95. The summed E-state index contributed by atoms with van der Waals surface area (Å²) in [5.41, 5.74) is 5.37. The normalized spacial score (nSPS) is 17.1. The average Bonchev–Trinajstić information content (AvgIpc) is 3.93. The Balaban J connectivity index is 0.000000162. The van der Waals surface area contributed by atoms with Crippen LogP contribution >= 0.6 is 0 Å². The maximum absolute atomic E-state index is 14.3. The molecule has 0 spiro atoms. The molecule has 0 aliphatic carbocycles. The molecule has 0 radical (unpaired) electrons. The van der Waals surface area contributed by atoms with E-state index in [1.807, 2.05) is 0 Å². The zero-order valence-electron chi connectivity index (χ0n) is 28.9. The molecule has 0 saturated carbocycles. The summed E-state index contributed by atoms with van der Waals surface area (Å²) >= 11 is 0. The predicted octanol–water partition coefficient (Wildman–Crippen LogP) is 9.16. The molecule has 2 aliphatic rings. The number of carbonyl (C=O) groups excluding carboxylic acids is 2. The topological polar surface area (TPSA) is 84.5 Å². The molecule has 2 saturated heterocycles. The zero-order chi connectivity index (χ0) is 36.5. The number of Topliss-reactive ketones (excluding diaryl/α,β-unsaturated/α-hetero) is 2. The highest BCUT2D eigenvalue weighted by atomic mass is 19.1. The summed E-state index contributed by atoms with van der Waals surface area (Å²) in [6, 6.07) is 18.2. The van der Waals surface area contributed by atoms with Crippen LogP contribution in [0, 0.1) is 23.3 Å². The molecule has 6 aromatic rings. The van der Waals surface area contributed by atoms with E-state index < -0.39 is 0 Å². The van der Waals surface area contributed by atoms with E-state index in [-0.39, 0.29) is 58.2 Å². The number of benzene rings is 4. The molecule has 4 aromatic carbocycles. The molecule has 2 aromatic heterocycles. The van der Waals surface area contributed by atoms with E-state index in [9.17, 15) is 27.2 Å². The van der Waals surface area contributed by atoms with Crippen molar-refractivity contribution in [3.8, 4) is 0 Å². The molecule has 2 unspecified atom stereocenters. The molecule has 0 amide bonds. The largest absolute Gasteiger partial charge is 0.452 e. The number of furan rings is 2. The Labute approximate surface area is 298 Å². The van der Waals surface area contributed by atoms with Crippen LogP contribution in [0.25, 0.3) is 21.9 Å². The van der Waals surface area contributed by atoms with E-state index in [0.717, 1.165) is 50.1 Å². The van der Waals surface area contributed by atoms with Gasteiger partial charge >= 0.3 is 0 Å². The zero-order valence-corrected chi connectivity index (χ0v) is 28.9. The maximum Gasteiger partial charge on any atom is 0.195 e. The Morgan fingerprint density at radius 1 is 0.615 bits per heavy atom. The summed E-state index contributed by atoms with van der Waals surface area (Å²) in [6.07, 6.45) is 2.42. The monoisotopic (exact) mass is 710 g/mol. The summed E-state index contributed by atoms with van der Waals surface area (Å²) in [5, 5.41) is 7.74. The minimum Gasteiger partial charge on any atom is -0.452 e. The number of rotatable bonds is 8. The highest BCUT2D eigenvalue weighted by Crippen LogP contribution is 2.38. The van der Waals surface area contributed by atoms with Gasteiger partial charge in [-0.25, -0.2) is 17.6 Å². The molecule has 268 valence electrons. The average molecular weight is 711 g/mol. The second-order valence-electron chi connectivity index (χ2n) is 13.7. The maximum atomic E-state index is 14.3. The first kappa shape index (κ1) is 35.3. The Morgan fingerprint density at radius 2 is 1.04 bits per heavy atom. The van der Waals surface area contributed by atoms with Gasteiger partial charge in [0.15, 0.2) is 23.1 Å². The number of fused-ring (bicyclic) bond motifs is 2. The van der Waals surface area contributed by atoms with Gasteiger partial charge in [0.2, 0.25) is 0 Å². The smallest absolute Gasteiger partial charge is 0.195 e. The van der Waals surface area contributed by atoms with Gasteiger partial charge in [-0.1, -0.05) is 24.3 Å². The SMILES string of the molecule is CC(=O)c1oc2c(C3CCNC3)cc(F)cc2c1Cc1cccc(F)c1.CC(=O)c1oc2c(C3CCNC3)cc(F)cc2c1Cc1cccc(F)c1. The van der Waals surface area contributed by atoms with Crippen molar-refractivity contribution < 1.29 is 36.0 Å². The molecule has 0 bridgehead atoms. The molecule has 2 aliphatic heterocycles. The molecule has 52 heavy (non-hydrogen) atoms. The minimum atomic E-state index is -0.351. The van der Waals surface area contributed by atoms with Crippen molar-refractivity contribution >= 4 is 33.5 Å². The predicted molar refractivity (Wildman–Crippen MR) is 191 cm³/mol. The minimum absolute atomic E-state index is 0.154. The fourth-order valence-electron chi connectivity index (χ4n) is 7.55. The van der Waals surface area contributed by atoms with Crippen LogP contribution in [0.1, 0.15) is 93.0 Å². The molecule has 2 fully saturated rings. The lowest BCUT2D eigenvalue weighted by Gasteiger charge is -2.09. The van der Waals surface area contributed by atoms with E-state index in [1.165, 1.54) is 62.4 Å². The van der Waals surface area contributed by atoms with E-state index in [2.05, 4.69) is 10.6 Å². The first-order valence-electron chi connectivity index (χ1n) is 17.5. The van der Waals surface area contributed by atoms with Gasteiger partial charge in [0.25, 0.3) is 0 Å². The lowest BCUT2D eigenvalue weighted by Crippen LogP contribution is -2.08. The molecule has 2 N–H and O–H groups in total. The van der Waals surface area contributed by atoms with Gasteiger partial charge < -0.3 is 19.5 Å². The van der Waals surface area contributed by atoms with Gasteiger partial charge in [0, 0.05) is 84.6 Å². The van der Waals surface area contributed by atoms with Crippen LogP contribution in [0.15, 0.2) is 81.6 Å². The molecular formula is C42H38F4N2O4. The van der Waals surface area contributed by atoms with Crippen LogP contribution < -0.4 is 10.6 Å². The fraction of sp³-hybridized carbons (Fsp3) is 0.286. The Bertz CT molecular complexity index is 2140. The van der Waals surface area contributed by atoms with Gasteiger partial charge in [0.05, 0.1) is 0 Å². The summed E-state index contributed by atoms with van der Waals surface area (Å²) in [7, 11) is 0. The third kappa shape index (κ3) is 7.31. The second kappa shape index (κ2) is 14.9. The number of ketones is 2. The first-order valence-corrected chi connectivity index (χ1v) is 17.5. The van der Waals surface area contributed by atoms with Gasteiger partial charge in [-0.3, -0.25) is 9.59 Å². The van der Waals surface area contributed by atoms with Gasteiger partial charge in [-0.05, 0) is 85.6 Å². The standard InChI is InChI=1S/2C21H19F2NO2/c2*1-12(25)20-18(8-13-3-2-4-15(22)7-13)19-10-16(23)9-17(21(19)26-20)14-5-6-24-11-14/h2*2-4,7,9-10,14,24H,5-6,8,11H2,1H3. The Morgan fingerprint density at radius 3 is 1.38 bits per heavy atom. The van der Waals surface area contributed by atoms with Crippen LogP contribution in [0.4, 0.5) is 17.6 Å². The van der Waals surface area contributed by atoms with Crippen molar-refractivity contribution in [2.45, 2.75) is 51.4 Å². The van der Waals surface area contributed by atoms with Crippen molar-refractivity contribution in [1.29, 1.82) is 0 Å². The van der Waals surface area contributed by atoms with Gasteiger partial charge in [0.1, 0.15) is 34.4 Å². The summed E-state index contributed by atoms with van der Waals surface area (Å²) in [5.74, 6) is -1.07. The van der Waals surface area contributed by atoms with Crippen molar-refractivity contribution in [1.82, 2.24) is 10.6 Å². The van der Waals surface area contributed by atoms with Gasteiger partial charge in [-0.15, -0.1) is 0 Å². The second-order valence-corrected chi connectivity index (χ2v) is 13.7. The number of hydrogen-bond acceptors (Lipinski definition) is 6. The van der Waals surface area contributed by atoms with Crippen LogP contribution in [-0.4, -0.2) is 37.7 Å². The molecule has 2 atom stereocenters. The highest BCUT2D eigenvalue weighted by molar-refractivity contribution is 6.01. The summed E-state index contributed by atoms with van der Waals surface area (Å²) in [6.45, 7) is 6.12. The molecule has 6 nitrogen and oxygen atoms in total. The van der Waals surface area contributed by atoms with E-state index in [1.54, 1.807) is 24.3 Å². The first-order chi connectivity index (χ1) is 25.0. The summed E-state index contributed by atoms with van der Waals surface area (Å²) < 4.78 is 67.6. The molecular weight excluding hydrogens is 672 g/mol. The van der Waals surface area contributed by atoms with E-state index in [4.69, 9.17) is 8.83 Å². The van der Waals surface area contributed by atoms with E-state index in [0.29, 0.717) is 57.0 Å². The van der Waals surface area contributed by atoms with Crippen molar-refractivity contribution in [3.05, 3.63) is 141 Å². The third-order valence-corrected chi connectivity index (χ3v) is 9.95. The number of carbonyl (C=O) groups is 2. The highest BCUT2D eigenvalue weighted by Gasteiger charge is 2.28. The fourth-order valence-corrected chi connectivity index (χ4v) is 7.55. The Kier molecular flexibility index (Phi) is 10.1. The molecule has 4 heterocycles. The summed E-state index contributed by atoms with van der Waals surface area (Å²) in [4.78, 5) is 24.3. The molecule has 10 heteroatoms. The number of hydrogen-bond donors (Lipinski definition) is 2. The molecule has 8 rings (SSSR count). The lowest BCUT2D eigenvalue weighted by atomic mass is 9.94. The lowest BCUT2D eigenvalue weighted by molar-refractivity contribution is 0.0980. The van der Waals surface area contributed by atoms with Crippen molar-refractivity contribution in [2.75, 3.05) is 26.2 Å². The van der Waals surface area contributed by atoms with Crippen LogP contribution in [0.5, 0.6) is 0 Å². The van der Waals surface area contributed by atoms with E-state index >= 15 is 0 Å². The van der Waals surface area contributed by atoms with Crippen LogP contribution in [0.2, 0.25) is 0 Å². The number of nitrogens with one attached hydrogen (secondary N) is 2. The quantitative estimate of drug-likeness (QED) is 0.121. The van der Waals surface area contributed by atoms with Gasteiger partial charge in [-0.2, -0.15) is 0 Å². The number of halogens is 4. The van der Waals surface area contributed by atoms with Crippen molar-refractivity contribution in [2.24, 2.45) is 0 Å². The Hall–Kier alpha value is -5.06. The van der Waals surface area contributed by atoms with Crippen LogP contribution in [0.3, 0.4) is 0 Å². The van der Waals surface area contributed by atoms with Crippen molar-refractivity contribution in [3.63, 3.8) is 0 Å². The van der Waals surface area contributed by atoms with Crippen LogP contribution in [-0.2, 0) is 12.8 Å².